The standard InChI is InChI=1S/C17H22N4O2/c1-22-14-10-13(11-15(12-14)23-2)18-16-6-7-17(20-19-16)21-8-4-3-5-9-21/h6-7,10-12H,3-5,8-9H2,1-2H3,(H,18,19). The Morgan fingerprint density at radius 3 is 2.17 bits per heavy atom. The van der Waals surface area contributed by atoms with E-state index in [-0.39, 0.29) is 0 Å². The summed E-state index contributed by atoms with van der Waals surface area (Å²) in [6.45, 7) is 2.13. The molecule has 1 saturated heterocycles. The van der Waals surface area contributed by atoms with Crippen LogP contribution in [0.2, 0.25) is 0 Å². The van der Waals surface area contributed by atoms with E-state index in [2.05, 4.69) is 20.4 Å². The highest BCUT2D eigenvalue weighted by molar-refractivity contribution is 5.61. The van der Waals surface area contributed by atoms with Gasteiger partial charge in [-0.1, -0.05) is 0 Å². The van der Waals surface area contributed by atoms with Crippen LogP contribution in [0, 0.1) is 0 Å². The van der Waals surface area contributed by atoms with Crippen molar-refractivity contribution in [1.82, 2.24) is 10.2 Å². The summed E-state index contributed by atoms with van der Waals surface area (Å²) < 4.78 is 10.5. The van der Waals surface area contributed by atoms with Gasteiger partial charge in [-0.3, -0.25) is 0 Å². The van der Waals surface area contributed by atoms with Crippen LogP contribution in [0.4, 0.5) is 17.3 Å². The minimum Gasteiger partial charge on any atom is -0.497 e. The highest BCUT2D eigenvalue weighted by Crippen LogP contribution is 2.27. The fourth-order valence-corrected chi connectivity index (χ4v) is 2.71. The minimum absolute atomic E-state index is 0.695. The van der Waals surface area contributed by atoms with Crippen LogP contribution in [0.3, 0.4) is 0 Å². The number of benzene rings is 1. The first-order valence-corrected chi connectivity index (χ1v) is 7.87. The molecular weight excluding hydrogens is 292 g/mol. The third-order valence-electron chi connectivity index (χ3n) is 3.95. The maximum Gasteiger partial charge on any atom is 0.153 e. The Balaban J connectivity index is 1.72. The molecule has 0 atom stereocenters. The number of piperidine rings is 1. The van der Waals surface area contributed by atoms with E-state index in [9.17, 15) is 0 Å². The number of nitrogens with zero attached hydrogens (tertiary/aromatic N) is 3. The normalized spacial score (nSPS) is 14.4. The van der Waals surface area contributed by atoms with Crippen molar-refractivity contribution in [2.75, 3.05) is 37.5 Å². The number of rotatable bonds is 5. The third-order valence-corrected chi connectivity index (χ3v) is 3.95. The second kappa shape index (κ2) is 7.17. The molecule has 2 heterocycles. The second-order valence-corrected chi connectivity index (χ2v) is 5.55. The van der Waals surface area contributed by atoms with Gasteiger partial charge in [0.25, 0.3) is 0 Å². The number of ether oxygens (including phenoxy) is 2. The van der Waals surface area contributed by atoms with Crippen molar-refractivity contribution >= 4 is 17.3 Å². The Kier molecular flexibility index (Phi) is 4.80. The average Bonchev–Trinajstić information content (AvgIpc) is 2.62. The Bertz CT molecular complexity index is 617. The van der Waals surface area contributed by atoms with Gasteiger partial charge < -0.3 is 19.7 Å². The quantitative estimate of drug-likeness (QED) is 0.914. The summed E-state index contributed by atoms with van der Waals surface area (Å²) in [5.41, 5.74) is 0.848. The molecule has 6 heteroatoms. The van der Waals surface area contributed by atoms with Crippen molar-refractivity contribution in [1.29, 1.82) is 0 Å². The Morgan fingerprint density at radius 1 is 0.913 bits per heavy atom. The topological polar surface area (TPSA) is 59.5 Å². The summed E-state index contributed by atoms with van der Waals surface area (Å²) >= 11 is 0. The van der Waals surface area contributed by atoms with Gasteiger partial charge in [0.1, 0.15) is 11.5 Å². The van der Waals surface area contributed by atoms with Crippen molar-refractivity contribution < 1.29 is 9.47 Å². The molecule has 0 aliphatic carbocycles. The lowest BCUT2D eigenvalue weighted by atomic mass is 10.1. The molecule has 1 aromatic heterocycles. The smallest absolute Gasteiger partial charge is 0.153 e. The molecule has 0 amide bonds. The van der Waals surface area contributed by atoms with E-state index in [1.165, 1.54) is 19.3 Å². The van der Waals surface area contributed by atoms with Crippen LogP contribution in [-0.4, -0.2) is 37.5 Å². The molecule has 1 aliphatic rings. The highest BCUT2D eigenvalue weighted by Gasteiger charge is 2.12. The molecule has 3 rings (SSSR count). The van der Waals surface area contributed by atoms with E-state index in [4.69, 9.17) is 9.47 Å². The molecule has 1 fully saturated rings. The predicted octanol–water partition coefficient (Wildman–Crippen LogP) is 3.23. The number of nitrogens with one attached hydrogen (secondary N) is 1. The molecule has 0 unspecified atom stereocenters. The SMILES string of the molecule is COc1cc(Nc2ccc(N3CCCCC3)nn2)cc(OC)c1. The van der Waals surface area contributed by atoms with Gasteiger partial charge in [0.15, 0.2) is 11.6 Å². The van der Waals surface area contributed by atoms with E-state index >= 15 is 0 Å². The molecule has 23 heavy (non-hydrogen) atoms. The maximum atomic E-state index is 5.27. The number of anilines is 3. The van der Waals surface area contributed by atoms with Crippen molar-refractivity contribution in [3.8, 4) is 11.5 Å². The molecule has 1 aromatic carbocycles. The number of aromatic nitrogens is 2. The van der Waals surface area contributed by atoms with Crippen LogP contribution in [-0.2, 0) is 0 Å². The fraction of sp³-hybridized carbons (Fsp3) is 0.412. The lowest BCUT2D eigenvalue weighted by molar-refractivity contribution is 0.395. The zero-order valence-corrected chi connectivity index (χ0v) is 13.6. The first-order valence-electron chi connectivity index (χ1n) is 7.87. The van der Waals surface area contributed by atoms with Crippen LogP contribution in [0.15, 0.2) is 30.3 Å². The van der Waals surface area contributed by atoms with Crippen LogP contribution < -0.4 is 19.7 Å². The maximum absolute atomic E-state index is 5.27. The summed E-state index contributed by atoms with van der Waals surface area (Å²) in [4.78, 5) is 2.29. The first kappa shape index (κ1) is 15.4. The zero-order chi connectivity index (χ0) is 16.1. The van der Waals surface area contributed by atoms with Gasteiger partial charge in [-0.15, -0.1) is 10.2 Å². The number of hydrogen-bond acceptors (Lipinski definition) is 6. The summed E-state index contributed by atoms with van der Waals surface area (Å²) in [7, 11) is 3.26. The summed E-state index contributed by atoms with van der Waals surface area (Å²) in [6, 6.07) is 9.57. The van der Waals surface area contributed by atoms with Gasteiger partial charge in [0.05, 0.1) is 14.2 Å². The summed E-state index contributed by atoms with van der Waals surface area (Å²) in [5.74, 6) is 3.09. The number of methoxy groups -OCH3 is 2. The van der Waals surface area contributed by atoms with E-state index in [1.54, 1.807) is 14.2 Å². The van der Waals surface area contributed by atoms with Crippen molar-refractivity contribution in [3.05, 3.63) is 30.3 Å². The minimum atomic E-state index is 0.695. The zero-order valence-electron chi connectivity index (χ0n) is 13.6. The van der Waals surface area contributed by atoms with E-state index in [0.29, 0.717) is 5.82 Å². The molecule has 6 nitrogen and oxygen atoms in total. The summed E-state index contributed by atoms with van der Waals surface area (Å²) in [6.07, 6.45) is 3.76. The Hall–Kier alpha value is -2.50. The highest BCUT2D eigenvalue weighted by atomic mass is 16.5. The van der Waals surface area contributed by atoms with E-state index in [1.807, 2.05) is 30.3 Å². The molecule has 1 N–H and O–H groups in total. The lowest BCUT2D eigenvalue weighted by Gasteiger charge is -2.27. The van der Waals surface area contributed by atoms with Gasteiger partial charge >= 0.3 is 0 Å². The van der Waals surface area contributed by atoms with Crippen LogP contribution in [0.5, 0.6) is 11.5 Å². The van der Waals surface area contributed by atoms with E-state index in [0.717, 1.165) is 36.1 Å². The van der Waals surface area contributed by atoms with Crippen molar-refractivity contribution in [2.45, 2.75) is 19.3 Å². The van der Waals surface area contributed by atoms with Crippen molar-refractivity contribution in [2.24, 2.45) is 0 Å². The van der Waals surface area contributed by atoms with Gasteiger partial charge in [-0.25, -0.2) is 0 Å². The lowest BCUT2D eigenvalue weighted by Crippen LogP contribution is -2.30. The van der Waals surface area contributed by atoms with Gasteiger partial charge in [0, 0.05) is 37.0 Å². The molecule has 0 saturated carbocycles. The van der Waals surface area contributed by atoms with Crippen LogP contribution in [0.25, 0.3) is 0 Å². The molecule has 0 radical (unpaired) electrons. The fourth-order valence-electron chi connectivity index (χ4n) is 2.71. The van der Waals surface area contributed by atoms with Crippen LogP contribution in [0.1, 0.15) is 19.3 Å². The molecule has 2 aromatic rings. The van der Waals surface area contributed by atoms with Crippen LogP contribution >= 0.6 is 0 Å². The summed E-state index contributed by atoms with van der Waals surface area (Å²) in [5, 5.41) is 11.8. The third kappa shape index (κ3) is 3.83. The Labute approximate surface area is 136 Å². The number of hydrogen-bond donors (Lipinski definition) is 1. The monoisotopic (exact) mass is 314 g/mol. The van der Waals surface area contributed by atoms with Gasteiger partial charge in [0.2, 0.25) is 0 Å². The molecule has 0 spiro atoms. The van der Waals surface area contributed by atoms with Gasteiger partial charge in [-0.2, -0.15) is 0 Å². The van der Waals surface area contributed by atoms with Crippen molar-refractivity contribution in [3.63, 3.8) is 0 Å². The Morgan fingerprint density at radius 2 is 1.61 bits per heavy atom. The molecular formula is C17H22N4O2. The first-order chi connectivity index (χ1) is 11.3. The largest absolute Gasteiger partial charge is 0.497 e. The van der Waals surface area contributed by atoms with Gasteiger partial charge in [-0.05, 0) is 31.4 Å². The van der Waals surface area contributed by atoms with E-state index < -0.39 is 0 Å². The molecule has 1 aliphatic heterocycles. The second-order valence-electron chi connectivity index (χ2n) is 5.55. The molecule has 0 bridgehead atoms. The molecule has 122 valence electrons. The predicted molar refractivity (Wildman–Crippen MR) is 90.9 cm³/mol. The average molecular weight is 314 g/mol.